The van der Waals surface area contributed by atoms with E-state index in [0.29, 0.717) is 18.7 Å². The second-order valence-corrected chi connectivity index (χ2v) is 4.00. The molecule has 0 aliphatic heterocycles. The molecule has 0 fully saturated rings. The van der Waals surface area contributed by atoms with E-state index >= 15 is 0 Å². The highest BCUT2D eigenvalue weighted by atomic mass is 16.6. The first-order valence-electron chi connectivity index (χ1n) is 5.60. The number of rotatable bonds is 5. The van der Waals surface area contributed by atoms with E-state index in [4.69, 9.17) is 0 Å². The van der Waals surface area contributed by atoms with E-state index in [1.54, 1.807) is 19.2 Å². The predicted octanol–water partition coefficient (Wildman–Crippen LogP) is 1.92. The first-order valence-corrected chi connectivity index (χ1v) is 5.60. The molecule has 6 heteroatoms. The molecule has 0 atom stereocenters. The maximum atomic E-state index is 10.8. The Kier molecular flexibility index (Phi) is 3.69. The zero-order chi connectivity index (χ0) is 13.0. The lowest BCUT2D eigenvalue weighted by atomic mass is 10.1. The second kappa shape index (κ2) is 5.42. The van der Waals surface area contributed by atoms with Crippen LogP contribution in [0.4, 0.5) is 5.69 Å². The Morgan fingerprint density at radius 3 is 2.89 bits per heavy atom. The van der Waals surface area contributed by atoms with Crippen LogP contribution >= 0.6 is 0 Å². The minimum absolute atomic E-state index is 0.163. The lowest BCUT2D eigenvalue weighted by Crippen LogP contribution is -2.14. The van der Waals surface area contributed by atoms with Gasteiger partial charge in [-0.1, -0.05) is 12.1 Å². The Morgan fingerprint density at radius 1 is 1.39 bits per heavy atom. The van der Waals surface area contributed by atoms with Crippen LogP contribution in [0.3, 0.4) is 0 Å². The van der Waals surface area contributed by atoms with Crippen molar-refractivity contribution in [1.29, 1.82) is 0 Å². The topological polar surface area (TPSA) is 83.8 Å². The van der Waals surface area contributed by atoms with Crippen LogP contribution in [0.5, 0.6) is 0 Å². The van der Waals surface area contributed by atoms with Crippen LogP contribution in [0.2, 0.25) is 0 Å². The van der Waals surface area contributed by atoms with E-state index in [2.05, 4.69) is 15.5 Å². The minimum atomic E-state index is -0.353. The monoisotopic (exact) mass is 246 g/mol. The van der Waals surface area contributed by atoms with Crippen LogP contribution in [-0.4, -0.2) is 15.1 Å². The van der Waals surface area contributed by atoms with Gasteiger partial charge in [-0.25, -0.2) is 0 Å². The molecule has 6 nitrogen and oxygen atoms in total. The van der Waals surface area contributed by atoms with Crippen LogP contribution in [0.1, 0.15) is 16.8 Å². The molecule has 2 aromatic rings. The molecule has 0 spiro atoms. The Labute approximate surface area is 104 Å². The SMILES string of the molecule is Cc1c(CNCc2ccn[nH]2)cccc1[N+](=O)[O-]. The number of nitrogens with one attached hydrogen (secondary N) is 2. The predicted molar refractivity (Wildman–Crippen MR) is 67.0 cm³/mol. The number of aromatic nitrogens is 2. The average Bonchev–Trinajstić information content (AvgIpc) is 2.84. The first kappa shape index (κ1) is 12.3. The van der Waals surface area contributed by atoms with Gasteiger partial charge in [0.05, 0.1) is 4.92 Å². The summed E-state index contributed by atoms with van der Waals surface area (Å²) < 4.78 is 0. The molecular weight excluding hydrogens is 232 g/mol. The summed E-state index contributed by atoms with van der Waals surface area (Å²) in [6, 6.07) is 7.00. The molecule has 1 heterocycles. The molecule has 0 saturated carbocycles. The molecule has 18 heavy (non-hydrogen) atoms. The molecule has 0 amide bonds. The number of benzene rings is 1. The maximum absolute atomic E-state index is 10.8. The van der Waals surface area contributed by atoms with Gasteiger partial charge < -0.3 is 5.32 Å². The molecule has 2 N–H and O–H groups in total. The van der Waals surface area contributed by atoms with Crippen LogP contribution in [-0.2, 0) is 13.1 Å². The molecule has 0 aliphatic rings. The summed E-state index contributed by atoms with van der Waals surface area (Å²) in [7, 11) is 0. The number of hydrogen-bond donors (Lipinski definition) is 2. The highest BCUT2D eigenvalue weighted by molar-refractivity contribution is 5.44. The molecule has 2 rings (SSSR count). The third kappa shape index (κ3) is 2.72. The first-order chi connectivity index (χ1) is 8.68. The molecule has 0 bridgehead atoms. The Balaban J connectivity index is 2.01. The maximum Gasteiger partial charge on any atom is 0.272 e. The quantitative estimate of drug-likeness (QED) is 0.623. The Hall–Kier alpha value is -2.21. The van der Waals surface area contributed by atoms with Crippen molar-refractivity contribution < 1.29 is 4.92 Å². The fraction of sp³-hybridized carbons (Fsp3) is 0.250. The smallest absolute Gasteiger partial charge is 0.272 e. The van der Waals surface area contributed by atoms with Crippen LogP contribution < -0.4 is 5.32 Å². The van der Waals surface area contributed by atoms with Crippen molar-refractivity contribution in [3.63, 3.8) is 0 Å². The number of nitro groups is 1. The zero-order valence-corrected chi connectivity index (χ0v) is 10.0. The number of nitrogens with zero attached hydrogens (tertiary/aromatic N) is 2. The zero-order valence-electron chi connectivity index (χ0n) is 10.0. The molecule has 94 valence electrons. The second-order valence-electron chi connectivity index (χ2n) is 4.00. The highest BCUT2D eigenvalue weighted by Gasteiger charge is 2.12. The highest BCUT2D eigenvalue weighted by Crippen LogP contribution is 2.20. The molecule has 1 aromatic heterocycles. The van der Waals surface area contributed by atoms with Crippen molar-refractivity contribution in [2.24, 2.45) is 0 Å². The van der Waals surface area contributed by atoms with Gasteiger partial charge in [-0.05, 0) is 18.6 Å². The number of H-pyrrole nitrogens is 1. The molecular formula is C12H14N4O2. The summed E-state index contributed by atoms with van der Waals surface area (Å²) in [4.78, 5) is 10.5. The van der Waals surface area contributed by atoms with Gasteiger partial charge in [-0.2, -0.15) is 5.10 Å². The van der Waals surface area contributed by atoms with Crippen molar-refractivity contribution in [1.82, 2.24) is 15.5 Å². The largest absolute Gasteiger partial charge is 0.307 e. The average molecular weight is 246 g/mol. The van der Waals surface area contributed by atoms with Gasteiger partial charge in [0.1, 0.15) is 0 Å². The van der Waals surface area contributed by atoms with Gasteiger partial charge in [0.25, 0.3) is 5.69 Å². The van der Waals surface area contributed by atoms with Crippen molar-refractivity contribution in [2.75, 3.05) is 0 Å². The summed E-state index contributed by atoms with van der Waals surface area (Å²) in [6.07, 6.45) is 1.69. The van der Waals surface area contributed by atoms with Crippen molar-refractivity contribution in [3.8, 4) is 0 Å². The summed E-state index contributed by atoms with van der Waals surface area (Å²) in [5.74, 6) is 0. The van der Waals surface area contributed by atoms with Crippen molar-refractivity contribution >= 4 is 5.69 Å². The summed E-state index contributed by atoms with van der Waals surface area (Å²) in [6.45, 7) is 3.01. The van der Waals surface area contributed by atoms with Crippen LogP contribution in [0.25, 0.3) is 0 Å². The van der Waals surface area contributed by atoms with Gasteiger partial charge in [0.2, 0.25) is 0 Å². The van der Waals surface area contributed by atoms with E-state index in [1.165, 1.54) is 6.07 Å². The van der Waals surface area contributed by atoms with Gasteiger partial charge in [0, 0.05) is 36.6 Å². The summed E-state index contributed by atoms with van der Waals surface area (Å²) in [5, 5.41) is 20.7. The number of aromatic amines is 1. The molecule has 1 aromatic carbocycles. The van der Waals surface area contributed by atoms with Crippen LogP contribution in [0.15, 0.2) is 30.5 Å². The molecule has 0 unspecified atom stereocenters. The molecule has 0 aliphatic carbocycles. The van der Waals surface area contributed by atoms with E-state index in [9.17, 15) is 10.1 Å². The van der Waals surface area contributed by atoms with Gasteiger partial charge in [-0.3, -0.25) is 15.2 Å². The van der Waals surface area contributed by atoms with E-state index in [-0.39, 0.29) is 10.6 Å². The fourth-order valence-electron chi connectivity index (χ4n) is 1.77. The summed E-state index contributed by atoms with van der Waals surface area (Å²) >= 11 is 0. The Bertz CT molecular complexity index is 537. The van der Waals surface area contributed by atoms with E-state index in [1.807, 2.05) is 12.1 Å². The minimum Gasteiger partial charge on any atom is -0.307 e. The van der Waals surface area contributed by atoms with Gasteiger partial charge in [0.15, 0.2) is 0 Å². The lowest BCUT2D eigenvalue weighted by molar-refractivity contribution is -0.385. The van der Waals surface area contributed by atoms with E-state index < -0.39 is 0 Å². The van der Waals surface area contributed by atoms with Crippen molar-refractivity contribution in [2.45, 2.75) is 20.0 Å². The third-order valence-corrected chi connectivity index (χ3v) is 2.80. The van der Waals surface area contributed by atoms with Gasteiger partial charge >= 0.3 is 0 Å². The number of hydrogen-bond acceptors (Lipinski definition) is 4. The van der Waals surface area contributed by atoms with Crippen molar-refractivity contribution in [3.05, 3.63) is 57.4 Å². The third-order valence-electron chi connectivity index (χ3n) is 2.80. The Morgan fingerprint density at radius 2 is 2.22 bits per heavy atom. The van der Waals surface area contributed by atoms with Gasteiger partial charge in [-0.15, -0.1) is 0 Å². The number of nitro benzene ring substituents is 1. The van der Waals surface area contributed by atoms with Crippen LogP contribution in [0, 0.1) is 17.0 Å². The summed E-state index contributed by atoms with van der Waals surface area (Å²) in [5.41, 5.74) is 2.79. The lowest BCUT2D eigenvalue weighted by Gasteiger charge is -2.07. The molecule has 0 radical (unpaired) electrons. The standard InChI is InChI=1S/C12H14N4O2/c1-9-10(3-2-4-12(9)16(17)18)7-13-8-11-5-6-14-15-11/h2-6,13H,7-8H2,1H3,(H,14,15). The fourth-order valence-corrected chi connectivity index (χ4v) is 1.77. The van der Waals surface area contributed by atoms with E-state index in [0.717, 1.165) is 11.3 Å². The normalized spacial score (nSPS) is 10.5. The molecule has 0 saturated heterocycles.